The maximum Gasteiger partial charge on any atom is 0.157 e. The molecule has 13 heavy (non-hydrogen) atoms. The van der Waals surface area contributed by atoms with E-state index in [0.29, 0.717) is 0 Å². The molecule has 1 aliphatic rings. The Bertz CT molecular complexity index is 199. The van der Waals surface area contributed by atoms with E-state index in [1.165, 1.54) is 0 Å². The highest BCUT2D eigenvalue weighted by Gasteiger charge is 2.21. The largest absolute Gasteiger partial charge is 0.359 e. The van der Waals surface area contributed by atoms with Gasteiger partial charge in [-0.25, -0.2) is 0 Å². The maximum atomic E-state index is 4.38. The quantitative estimate of drug-likeness (QED) is 0.739. The molecule has 0 aromatic rings. The number of aliphatic imine (C=N–C) groups is 1. The van der Waals surface area contributed by atoms with Crippen molar-refractivity contribution in [1.29, 1.82) is 0 Å². The molecule has 0 amide bonds. The third kappa shape index (κ3) is 4.00. The lowest BCUT2D eigenvalue weighted by Crippen LogP contribution is -2.48. The van der Waals surface area contributed by atoms with Crippen molar-refractivity contribution in [3.8, 4) is 0 Å². The Kier molecular flexibility index (Phi) is 3.62. The van der Waals surface area contributed by atoms with E-state index in [1.54, 1.807) is 0 Å². The number of hydrogen-bond acceptors (Lipinski definition) is 4. The second-order valence-corrected chi connectivity index (χ2v) is 5.37. The summed E-state index contributed by atoms with van der Waals surface area (Å²) in [5, 5.41) is 4.56. The van der Waals surface area contributed by atoms with Crippen LogP contribution in [0.2, 0.25) is 0 Å². The molecule has 0 fully saturated rings. The van der Waals surface area contributed by atoms with Crippen molar-refractivity contribution in [3.63, 3.8) is 0 Å². The van der Waals surface area contributed by atoms with Gasteiger partial charge in [0, 0.05) is 17.8 Å². The number of nitrogens with one attached hydrogen (secondary N) is 1. The molecular formula is C9H19N3S. The molecule has 3 nitrogen and oxygen atoms in total. The fourth-order valence-electron chi connectivity index (χ4n) is 1.53. The van der Waals surface area contributed by atoms with Gasteiger partial charge < -0.3 is 10.2 Å². The monoisotopic (exact) mass is 201 g/mol. The molecule has 76 valence electrons. The lowest BCUT2D eigenvalue weighted by Gasteiger charge is -2.30. The summed E-state index contributed by atoms with van der Waals surface area (Å²) in [7, 11) is 4.18. The lowest BCUT2D eigenvalue weighted by atomic mass is 10.1. The molecule has 0 atom stereocenters. The van der Waals surface area contributed by atoms with Crippen molar-refractivity contribution in [2.24, 2.45) is 4.99 Å². The van der Waals surface area contributed by atoms with Crippen LogP contribution in [-0.2, 0) is 0 Å². The Morgan fingerprint density at radius 3 is 2.69 bits per heavy atom. The summed E-state index contributed by atoms with van der Waals surface area (Å²) in [6.45, 7) is 6.39. The van der Waals surface area contributed by atoms with Crippen LogP contribution < -0.4 is 5.32 Å². The first-order valence-corrected chi connectivity index (χ1v) is 5.58. The molecule has 0 unspecified atom stereocenters. The molecule has 0 aliphatic carbocycles. The second kappa shape index (κ2) is 4.33. The smallest absolute Gasteiger partial charge is 0.157 e. The van der Waals surface area contributed by atoms with Gasteiger partial charge >= 0.3 is 0 Å². The van der Waals surface area contributed by atoms with Crippen LogP contribution >= 0.6 is 11.8 Å². The fourth-order valence-corrected chi connectivity index (χ4v) is 2.44. The first-order chi connectivity index (χ1) is 5.99. The van der Waals surface area contributed by atoms with Gasteiger partial charge in [-0.15, -0.1) is 0 Å². The van der Waals surface area contributed by atoms with Crippen molar-refractivity contribution in [2.75, 3.05) is 32.9 Å². The van der Waals surface area contributed by atoms with Gasteiger partial charge in [-0.3, -0.25) is 4.99 Å². The number of likely N-dealkylation sites (N-methyl/N-ethyl adjacent to an activating group) is 1. The second-order valence-electron chi connectivity index (χ2n) is 4.28. The van der Waals surface area contributed by atoms with Crippen LogP contribution in [0, 0.1) is 0 Å². The lowest BCUT2D eigenvalue weighted by molar-refractivity contribution is 0.297. The van der Waals surface area contributed by atoms with E-state index in [9.17, 15) is 0 Å². The van der Waals surface area contributed by atoms with Crippen LogP contribution in [0.5, 0.6) is 0 Å². The molecule has 1 rings (SSSR count). The molecule has 0 spiro atoms. The summed E-state index contributed by atoms with van der Waals surface area (Å²) < 4.78 is 0. The van der Waals surface area contributed by atoms with Crippen molar-refractivity contribution in [3.05, 3.63) is 0 Å². The molecule has 0 saturated heterocycles. The Hall–Kier alpha value is -0.220. The van der Waals surface area contributed by atoms with Gasteiger partial charge in [0.15, 0.2) is 5.17 Å². The summed E-state index contributed by atoms with van der Waals surface area (Å²) in [6, 6.07) is 0. The van der Waals surface area contributed by atoms with E-state index in [0.717, 1.165) is 24.0 Å². The number of amidine groups is 1. The van der Waals surface area contributed by atoms with Crippen molar-refractivity contribution in [1.82, 2.24) is 10.2 Å². The topological polar surface area (TPSA) is 27.6 Å². The van der Waals surface area contributed by atoms with Crippen LogP contribution in [0.25, 0.3) is 0 Å². The highest BCUT2D eigenvalue weighted by molar-refractivity contribution is 8.14. The van der Waals surface area contributed by atoms with Crippen LogP contribution in [0.4, 0.5) is 0 Å². The molecule has 0 radical (unpaired) electrons. The Morgan fingerprint density at radius 1 is 1.54 bits per heavy atom. The summed E-state index contributed by atoms with van der Waals surface area (Å²) in [5.74, 6) is 1.13. The van der Waals surface area contributed by atoms with Gasteiger partial charge in [0.2, 0.25) is 0 Å². The molecular weight excluding hydrogens is 182 g/mol. The molecule has 0 aromatic carbocycles. The Balaban J connectivity index is 2.40. The molecule has 0 saturated carbocycles. The van der Waals surface area contributed by atoms with Gasteiger partial charge in [-0.2, -0.15) is 0 Å². The number of rotatable bonds is 3. The van der Waals surface area contributed by atoms with E-state index in [4.69, 9.17) is 0 Å². The van der Waals surface area contributed by atoms with Crippen molar-refractivity contribution < 1.29 is 0 Å². The molecule has 1 N–H and O–H groups in total. The van der Waals surface area contributed by atoms with Gasteiger partial charge in [0.1, 0.15) is 0 Å². The number of nitrogens with zero attached hydrogens (tertiary/aromatic N) is 2. The normalized spacial score (nSPS) is 17.8. The summed E-state index contributed by atoms with van der Waals surface area (Å²) in [4.78, 5) is 6.57. The van der Waals surface area contributed by atoms with E-state index in [1.807, 2.05) is 11.8 Å². The third-order valence-electron chi connectivity index (χ3n) is 1.74. The molecule has 4 heteroatoms. The van der Waals surface area contributed by atoms with Crippen LogP contribution in [0.15, 0.2) is 4.99 Å². The zero-order chi connectivity index (χ0) is 9.90. The van der Waals surface area contributed by atoms with Gasteiger partial charge in [0.25, 0.3) is 0 Å². The van der Waals surface area contributed by atoms with E-state index < -0.39 is 0 Å². The summed E-state index contributed by atoms with van der Waals surface area (Å²) in [6.07, 6.45) is 0. The van der Waals surface area contributed by atoms with Crippen LogP contribution in [0.3, 0.4) is 0 Å². The number of hydrogen-bond donors (Lipinski definition) is 1. The minimum Gasteiger partial charge on any atom is -0.359 e. The summed E-state index contributed by atoms with van der Waals surface area (Å²) >= 11 is 1.82. The van der Waals surface area contributed by atoms with Gasteiger partial charge in [-0.1, -0.05) is 11.8 Å². The predicted molar refractivity (Wildman–Crippen MR) is 60.5 cm³/mol. The van der Waals surface area contributed by atoms with Gasteiger partial charge in [-0.05, 0) is 27.9 Å². The molecule has 1 aliphatic heterocycles. The Morgan fingerprint density at radius 2 is 2.23 bits per heavy atom. The number of thioether (sulfide) groups is 1. The first-order valence-electron chi connectivity index (χ1n) is 4.60. The fraction of sp³-hybridized carbons (Fsp3) is 0.889. The first kappa shape index (κ1) is 10.9. The molecule has 0 aromatic heterocycles. The summed E-state index contributed by atoms with van der Waals surface area (Å²) in [5.41, 5.74) is 0.111. The Labute approximate surface area is 85.0 Å². The highest BCUT2D eigenvalue weighted by atomic mass is 32.2. The maximum absolute atomic E-state index is 4.38. The van der Waals surface area contributed by atoms with Crippen LogP contribution in [-0.4, -0.2) is 48.5 Å². The van der Waals surface area contributed by atoms with Crippen molar-refractivity contribution in [2.45, 2.75) is 19.4 Å². The van der Waals surface area contributed by atoms with Crippen molar-refractivity contribution >= 4 is 16.9 Å². The predicted octanol–water partition coefficient (Wildman–Crippen LogP) is 1.02. The van der Waals surface area contributed by atoms with E-state index in [2.05, 4.69) is 43.2 Å². The zero-order valence-electron chi connectivity index (χ0n) is 8.92. The molecule has 1 heterocycles. The third-order valence-corrected chi connectivity index (χ3v) is 2.63. The minimum atomic E-state index is 0.111. The average molecular weight is 201 g/mol. The highest BCUT2D eigenvalue weighted by Crippen LogP contribution is 2.13. The van der Waals surface area contributed by atoms with E-state index in [-0.39, 0.29) is 5.54 Å². The van der Waals surface area contributed by atoms with Crippen LogP contribution in [0.1, 0.15) is 13.8 Å². The average Bonchev–Trinajstić information content (AvgIpc) is 2.34. The van der Waals surface area contributed by atoms with Gasteiger partial charge in [0.05, 0.1) is 6.54 Å². The van der Waals surface area contributed by atoms with E-state index >= 15 is 0 Å². The minimum absolute atomic E-state index is 0.111. The standard InChI is InChI=1S/C9H19N3S/c1-9(2,7-12(3)4)11-8-10-5-6-13-8/h5-7H2,1-4H3,(H,10,11). The SMILES string of the molecule is CN(C)CC(C)(C)NC1=NCCS1. The zero-order valence-corrected chi connectivity index (χ0v) is 9.74. The molecule has 0 bridgehead atoms.